The number of aromatic nitrogens is 2. The van der Waals surface area contributed by atoms with Gasteiger partial charge in [-0.25, -0.2) is 4.98 Å². The molecule has 2 aromatic rings. The number of alkyl halides is 5. The Bertz CT molecular complexity index is 851. The molecule has 1 aromatic carbocycles. The molecule has 0 bridgehead atoms. The number of hydrogen-bond acceptors (Lipinski definition) is 4. The number of nitrogens with one attached hydrogen (secondary N) is 1. The van der Waals surface area contributed by atoms with Gasteiger partial charge in [0.15, 0.2) is 0 Å². The number of ether oxygens (including phenoxy) is 1. The van der Waals surface area contributed by atoms with Crippen LogP contribution in [0, 0.1) is 0 Å². The summed E-state index contributed by atoms with van der Waals surface area (Å²) in [5.74, 6) is -1.34. The quantitative estimate of drug-likeness (QED) is 0.835. The largest absolute Gasteiger partial charge is 0.449 e. The highest BCUT2D eigenvalue weighted by Crippen LogP contribution is 2.28. The van der Waals surface area contributed by atoms with Crippen LogP contribution in [0.2, 0.25) is 0 Å². The zero-order valence-electron chi connectivity index (χ0n) is 13.3. The van der Waals surface area contributed by atoms with E-state index in [1.165, 1.54) is 6.07 Å². The van der Waals surface area contributed by atoms with Crippen molar-refractivity contribution in [1.29, 1.82) is 0 Å². The van der Waals surface area contributed by atoms with Crippen LogP contribution in [0.1, 0.15) is 22.6 Å². The molecule has 0 amide bonds. The number of nitrogens with zero attached hydrogens (tertiary/aromatic N) is 2. The molecule has 1 aliphatic heterocycles. The van der Waals surface area contributed by atoms with Gasteiger partial charge in [0, 0.05) is 30.8 Å². The van der Waals surface area contributed by atoms with Crippen LogP contribution in [0.5, 0.6) is 5.75 Å². The molecule has 2 heterocycles. The van der Waals surface area contributed by atoms with E-state index < -0.39 is 24.2 Å². The van der Waals surface area contributed by atoms with Crippen molar-refractivity contribution in [1.82, 2.24) is 14.9 Å². The molecule has 140 valence electrons. The van der Waals surface area contributed by atoms with E-state index in [1.807, 2.05) is 0 Å². The Hall–Kier alpha value is -2.49. The Balaban J connectivity index is 1.83. The lowest BCUT2D eigenvalue weighted by atomic mass is 10.1. The molecule has 1 aromatic heterocycles. The van der Waals surface area contributed by atoms with Crippen LogP contribution in [0.3, 0.4) is 0 Å². The second kappa shape index (κ2) is 7.02. The number of halogens is 5. The zero-order chi connectivity index (χ0) is 18.9. The molecule has 0 fully saturated rings. The van der Waals surface area contributed by atoms with Crippen LogP contribution in [0.4, 0.5) is 22.0 Å². The third kappa shape index (κ3) is 4.01. The Morgan fingerprint density at radius 2 is 2.00 bits per heavy atom. The van der Waals surface area contributed by atoms with Crippen molar-refractivity contribution in [2.45, 2.75) is 32.3 Å². The Kier molecular flexibility index (Phi) is 4.94. The highest BCUT2D eigenvalue weighted by molar-refractivity contribution is 5.33. The maximum Gasteiger partial charge on any atom is 0.449 e. The highest BCUT2D eigenvalue weighted by Gasteiger charge is 2.36. The molecule has 1 aliphatic rings. The van der Waals surface area contributed by atoms with Crippen molar-refractivity contribution in [3.05, 3.63) is 57.3 Å². The van der Waals surface area contributed by atoms with Gasteiger partial charge in [0.05, 0.1) is 5.69 Å². The number of H-pyrrole nitrogens is 1. The molecule has 3 rings (SSSR count). The lowest BCUT2D eigenvalue weighted by Crippen LogP contribution is -2.36. The summed E-state index contributed by atoms with van der Waals surface area (Å²) in [6.07, 6.45) is -4.54. The molecule has 0 saturated carbocycles. The average Bonchev–Trinajstić information content (AvgIpc) is 2.55. The minimum Gasteiger partial charge on any atom is -0.434 e. The highest BCUT2D eigenvalue weighted by atomic mass is 19.4. The number of benzene rings is 1. The predicted octanol–water partition coefficient (Wildman–Crippen LogP) is 2.95. The van der Waals surface area contributed by atoms with Crippen molar-refractivity contribution in [2.24, 2.45) is 0 Å². The van der Waals surface area contributed by atoms with Crippen LogP contribution in [-0.4, -0.2) is 28.0 Å². The number of aromatic amines is 1. The van der Waals surface area contributed by atoms with E-state index in [0.717, 1.165) is 0 Å². The molecular formula is C16H14F5N3O2. The van der Waals surface area contributed by atoms with Crippen LogP contribution >= 0.6 is 0 Å². The fourth-order valence-electron chi connectivity index (χ4n) is 2.85. The van der Waals surface area contributed by atoms with Gasteiger partial charge in [-0.1, -0.05) is 18.2 Å². The normalized spacial score (nSPS) is 15.2. The summed E-state index contributed by atoms with van der Waals surface area (Å²) in [5.41, 5.74) is -0.0773. The fraction of sp³-hybridized carbons (Fsp3) is 0.375. The van der Waals surface area contributed by atoms with Gasteiger partial charge >= 0.3 is 12.8 Å². The summed E-state index contributed by atoms with van der Waals surface area (Å²) in [6, 6.07) is 6.18. The molecular weight excluding hydrogens is 361 g/mol. The van der Waals surface area contributed by atoms with Gasteiger partial charge < -0.3 is 9.72 Å². The Labute approximate surface area is 144 Å². The summed E-state index contributed by atoms with van der Waals surface area (Å²) < 4.78 is 67.9. The zero-order valence-corrected chi connectivity index (χ0v) is 13.3. The van der Waals surface area contributed by atoms with E-state index in [1.54, 1.807) is 28.1 Å². The third-order valence-corrected chi connectivity index (χ3v) is 4.00. The third-order valence-electron chi connectivity index (χ3n) is 4.00. The fourth-order valence-corrected chi connectivity index (χ4v) is 2.85. The van der Waals surface area contributed by atoms with Crippen molar-refractivity contribution in [2.75, 3.05) is 6.54 Å². The van der Waals surface area contributed by atoms with E-state index in [9.17, 15) is 26.7 Å². The van der Waals surface area contributed by atoms with Crippen LogP contribution in [-0.2, 0) is 25.7 Å². The van der Waals surface area contributed by atoms with E-state index >= 15 is 0 Å². The monoisotopic (exact) mass is 375 g/mol. The summed E-state index contributed by atoms with van der Waals surface area (Å²) in [6.45, 7) is -2.41. The first kappa shape index (κ1) is 18.3. The summed E-state index contributed by atoms with van der Waals surface area (Å²) in [5, 5.41) is 0. The second-order valence-corrected chi connectivity index (χ2v) is 5.78. The first-order chi connectivity index (χ1) is 12.2. The Morgan fingerprint density at radius 1 is 1.27 bits per heavy atom. The van der Waals surface area contributed by atoms with E-state index in [4.69, 9.17) is 0 Å². The second-order valence-electron chi connectivity index (χ2n) is 5.78. The number of hydrogen-bond donors (Lipinski definition) is 1. The molecule has 0 atom stereocenters. The van der Waals surface area contributed by atoms with Gasteiger partial charge in [0.1, 0.15) is 5.75 Å². The van der Waals surface area contributed by atoms with E-state index in [-0.39, 0.29) is 36.5 Å². The number of para-hydroxylation sites is 1. The lowest BCUT2D eigenvalue weighted by molar-refractivity contribution is -0.145. The maximum atomic E-state index is 12.8. The first-order valence-electron chi connectivity index (χ1n) is 7.68. The Morgan fingerprint density at radius 3 is 2.69 bits per heavy atom. The van der Waals surface area contributed by atoms with Crippen LogP contribution in [0.15, 0.2) is 29.1 Å². The minimum absolute atomic E-state index is 0.00291. The van der Waals surface area contributed by atoms with Gasteiger partial charge in [-0.05, 0) is 12.5 Å². The van der Waals surface area contributed by atoms with Gasteiger partial charge in [-0.3, -0.25) is 9.69 Å². The minimum atomic E-state index is -4.76. The van der Waals surface area contributed by atoms with Gasteiger partial charge in [0.2, 0.25) is 5.82 Å². The summed E-state index contributed by atoms with van der Waals surface area (Å²) >= 11 is 0. The maximum absolute atomic E-state index is 12.8. The summed E-state index contributed by atoms with van der Waals surface area (Å²) in [7, 11) is 0. The van der Waals surface area contributed by atoms with E-state index in [0.29, 0.717) is 12.1 Å². The number of rotatable bonds is 4. The van der Waals surface area contributed by atoms with Gasteiger partial charge in [0.25, 0.3) is 5.56 Å². The van der Waals surface area contributed by atoms with Crippen molar-refractivity contribution >= 4 is 0 Å². The molecule has 10 heteroatoms. The van der Waals surface area contributed by atoms with Crippen LogP contribution < -0.4 is 10.3 Å². The van der Waals surface area contributed by atoms with E-state index in [2.05, 4.69) is 9.72 Å². The molecule has 5 nitrogen and oxygen atoms in total. The first-order valence-corrected chi connectivity index (χ1v) is 7.68. The van der Waals surface area contributed by atoms with Crippen molar-refractivity contribution in [3.63, 3.8) is 0 Å². The van der Waals surface area contributed by atoms with Crippen molar-refractivity contribution < 1.29 is 26.7 Å². The average molecular weight is 375 g/mol. The smallest absolute Gasteiger partial charge is 0.434 e. The molecule has 0 unspecified atom stereocenters. The molecule has 1 N–H and O–H groups in total. The van der Waals surface area contributed by atoms with Crippen molar-refractivity contribution in [3.8, 4) is 5.75 Å². The molecule has 0 spiro atoms. The molecule has 0 radical (unpaired) electrons. The summed E-state index contributed by atoms with van der Waals surface area (Å²) in [4.78, 5) is 18.9. The standard InChI is InChI=1S/C16H14F5N3O2/c17-15(18)26-12-4-2-1-3-9(12)7-24-6-5-10-11(8-24)22-14(16(19,20)21)23-13(10)25/h1-4,15H,5-8H2,(H,22,23,25). The van der Waals surface area contributed by atoms with Crippen LogP contribution in [0.25, 0.3) is 0 Å². The SMILES string of the molecule is O=c1[nH]c(C(F)(F)F)nc2c1CCN(Cc1ccccc1OC(F)F)C2. The lowest BCUT2D eigenvalue weighted by Gasteiger charge is -2.28. The number of fused-ring (bicyclic) bond motifs is 1. The molecule has 0 aliphatic carbocycles. The van der Waals surface area contributed by atoms with Gasteiger partial charge in [-0.2, -0.15) is 22.0 Å². The topological polar surface area (TPSA) is 58.2 Å². The predicted molar refractivity (Wildman–Crippen MR) is 80.8 cm³/mol. The molecule has 0 saturated heterocycles. The molecule has 26 heavy (non-hydrogen) atoms. The van der Waals surface area contributed by atoms with Gasteiger partial charge in [-0.15, -0.1) is 0 Å².